The van der Waals surface area contributed by atoms with Crippen molar-refractivity contribution in [2.45, 2.75) is 31.3 Å². The molecule has 1 heterocycles. The first kappa shape index (κ1) is 5.69. The standard InChI is InChI=1S/C7H13NO/c9-4-7-5-1-2-6(3-5)8-7/h5-9H,1-4H2. The van der Waals surface area contributed by atoms with E-state index in [1.807, 2.05) is 0 Å². The predicted octanol–water partition coefficient (Wildman–Crippen LogP) is 0.119. The van der Waals surface area contributed by atoms with Crippen molar-refractivity contribution in [1.29, 1.82) is 0 Å². The number of fused-ring (bicyclic) bond motifs is 2. The van der Waals surface area contributed by atoms with Crippen LogP contribution in [0.3, 0.4) is 0 Å². The minimum Gasteiger partial charge on any atom is -0.395 e. The van der Waals surface area contributed by atoms with Gasteiger partial charge in [0, 0.05) is 12.1 Å². The zero-order chi connectivity index (χ0) is 6.27. The van der Waals surface area contributed by atoms with Gasteiger partial charge in [-0.2, -0.15) is 0 Å². The van der Waals surface area contributed by atoms with Gasteiger partial charge in [-0.25, -0.2) is 0 Å². The third-order valence-corrected chi connectivity index (χ3v) is 2.69. The number of aliphatic hydroxyl groups excluding tert-OH is 1. The maximum Gasteiger partial charge on any atom is 0.0587 e. The average molecular weight is 127 g/mol. The first-order valence-electron chi connectivity index (χ1n) is 3.77. The van der Waals surface area contributed by atoms with Crippen molar-refractivity contribution in [2.24, 2.45) is 5.92 Å². The molecule has 0 aromatic heterocycles. The first-order valence-corrected chi connectivity index (χ1v) is 3.77. The summed E-state index contributed by atoms with van der Waals surface area (Å²) >= 11 is 0. The summed E-state index contributed by atoms with van der Waals surface area (Å²) in [5, 5.41) is 12.2. The fourth-order valence-corrected chi connectivity index (χ4v) is 2.17. The van der Waals surface area contributed by atoms with Crippen LogP contribution in [0.2, 0.25) is 0 Å². The molecule has 0 spiro atoms. The summed E-state index contributed by atoms with van der Waals surface area (Å²) in [7, 11) is 0. The molecule has 1 saturated carbocycles. The van der Waals surface area contributed by atoms with Gasteiger partial charge in [-0.15, -0.1) is 0 Å². The third kappa shape index (κ3) is 0.775. The van der Waals surface area contributed by atoms with E-state index in [4.69, 9.17) is 5.11 Å². The maximum atomic E-state index is 8.83. The molecular weight excluding hydrogens is 114 g/mol. The van der Waals surface area contributed by atoms with Crippen molar-refractivity contribution < 1.29 is 5.11 Å². The van der Waals surface area contributed by atoms with Crippen molar-refractivity contribution in [2.75, 3.05) is 6.61 Å². The van der Waals surface area contributed by atoms with Gasteiger partial charge < -0.3 is 10.4 Å². The Hall–Kier alpha value is -0.0800. The van der Waals surface area contributed by atoms with Crippen LogP contribution in [0.15, 0.2) is 0 Å². The molecule has 0 amide bonds. The van der Waals surface area contributed by atoms with Crippen LogP contribution in [-0.2, 0) is 0 Å². The fraction of sp³-hybridized carbons (Fsp3) is 1.00. The Morgan fingerprint density at radius 3 is 2.67 bits per heavy atom. The molecule has 0 aromatic carbocycles. The van der Waals surface area contributed by atoms with Crippen LogP contribution < -0.4 is 5.32 Å². The van der Waals surface area contributed by atoms with Gasteiger partial charge >= 0.3 is 0 Å². The molecule has 52 valence electrons. The number of nitrogens with one attached hydrogen (secondary N) is 1. The van der Waals surface area contributed by atoms with Crippen molar-refractivity contribution in [3.63, 3.8) is 0 Å². The average Bonchev–Trinajstić information content (AvgIpc) is 2.45. The highest BCUT2D eigenvalue weighted by molar-refractivity contribution is 4.96. The zero-order valence-electron chi connectivity index (χ0n) is 5.51. The molecule has 2 nitrogen and oxygen atoms in total. The van der Waals surface area contributed by atoms with Crippen LogP contribution in [0.5, 0.6) is 0 Å². The van der Waals surface area contributed by atoms with Crippen molar-refractivity contribution in [1.82, 2.24) is 5.32 Å². The van der Waals surface area contributed by atoms with Gasteiger partial charge in [0.1, 0.15) is 0 Å². The molecule has 1 saturated heterocycles. The Balaban J connectivity index is 2.01. The van der Waals surface area contributed by atoms with E-state index in [0.717, 1.165) is 12.0 Å². The molecule has 0 aromatic rings. The number of hydrogen-bond donors (Lipinski definition) is 2. The lowest BCUT2D eigenvalue weighted by atomic mass is 10.0. The predicted molar refractivity (Wildman–Crippen MR) is 35.1 cm³/mol. The summed E-state index contributed by atoms with van der Waals surface area (Å²) in [6, 6.07) is 1.18. The second kappa shape index (κ2) is 1.96. The molecule has 2 N–H and O–H groups in total. The molecule has 2 bridgehead atoms. The number of piperidine rings is 1. The molecular formula is C7H13NO. The lowest BCUT2D eigenvalue weighted by Crippen LogP contribution is -2.37. The Kier molecular flexibility index (Phi) is 1.24. The maximum absolute atomic E-state index is 8.83. The molecule has 9 heavy (non-hydrogen) atoms. The topological polar surface area (TPSA) is 32.3 Å². The molecule has 2 rings (SSSR count). The monoisotopic (exact) mass is 127 g/mol. The van der Waals surface area contributed by atoms with E-state index >= 15 is 0 Å². The van der Waals surface area contributed by atoms with E-state index < -0.39 is 0 Å². The summed E-state index contributed by atoms with van der Waals surface area (Å²) < 4.78 is 0. The summed E-state index contributed by atoms with van der Waals surface area (Å²) in [6.45, 7) is 0.334. The smallest absolute Gasteiger partial charge is 0.0587 e. The van der Waals surface area contributed by atoms with E-state index in [-0.39, 0.29) is 0 Å². The van der Waals surface area contributed by atoms with Gasteiger partial charge in [-0.1, -0.05) is 0 Å². The van der Waals surface area contributed by atoms with Crippen LogP contribution in [0.4, 0.5) is 0 Å². The molecule has 0 radical (unpaired) electrons. The third-order valence-electron chi connectivity index (χ3n) is 2.69. The highest BCUT2D eigenvalue weighted by Crippen LogP contribution is 2.34. The minimum atomic E-state index is 0.334. The molecule has 2 fully saturated rings. The van der Waals surface area contributed by atoms with E-state index in [1.54, 1.807) is 0 Å². The normalized spacial score (nSPS) is 48.3. The van der Waals surface area contributed by atoms with Gasteiger partial charge in [-0.05, 0) is 25.2 Å². The molecule has 3 unspecified atom stereocenters. The van der Waals surface area contributed by atoms with E-state index in [0.29, 0.717) is 12.6 Å². The van der Waals surface area contributed by atoms with Crippen LogP contribution in [0.1, 0.15) is 19.3 Å². The second-order valence-corrected chi connectivity index (χ2v) is 3.23. The summed E-state index contributed by atoms with van der Waals surface area (Å²) in [6.07, 6.45) is 3.98. The van der Waals surface area contributed by atoms with Gasteiger partial charge in [0.25, 0.3) is 0 Å². The largest absolute Gasteiger partial charge is 0.395 e. The van der Waals surface area contributed by atoms with E-state index in [9.17, 15) is 0 Å². The number of aliphatic hydroxyl groups is 1. The number of rotatable bonds is 1. The van der Waals surface area contributed by atoms with E-state index in [1.165, 1.54) is 19.3 Å². The molecule has 1 aliphatic carbocycles. The van der Waals surface area contributed by atoms with Crippen molar-refractivity contribution >= 4 is 0 Å². The molecule has 3 atom stereocenters. The van der Waals surface area contributed by atoms with Gasteiger partial charge in [0.15, 0.2) is 0 Å². The van der Waals surface area contributed by atoms with Gasteiger partial charge in [0.2, 0.25) is 0 Å². The SMILES string of the molecule is OCC1NC2CCC1C2. The molecule has 1 aliphatic heterocycles. The Labute approximate surface area is 55.3 Å². The van der Waals surface area contributed by atoms with Gasteiger partial charge in [-0.3, -0.25) is 0 Å². The highest BCUT2D eigenvalue weighted by atomic mass is 16.3. The van der Waals surface area contributed by atoms with Crippen LogP contribution in [0.25, 0.3) is 0 Å². The van der Waals surface area contributed by atoms with Crippen LogP contribution >= 0.6 is 0 Å². The van der Waals surface area contributed by atoms with E-state index in [2.05, 4.69) is 5.32 Å². The Bertz CT molecular complexity index is 115. The molecule has 2 heteroatoms. The zero-order valence-corrected chi connectivity index (χ0v) is 5.51. The summed E-state index contributed by atoms with van der Waals surface area (Å²) in [4.78, 5) is 0. The lowest BCUT2D eigenvalue weighted by molar-refractivity contribution is 0.210. The number of hydrogen-bond acceptors (Lipinski definition) is 2. The minimum absolute atomic E-state index is 0.334. The fourth-order valence-electron chi connectivity index (χ4n) is 2.17. The van der Waals surface area contributed by atoms with Crippen LogP contribution in [0, 0.1) is 5.92 Å². The first-order chi connectivity index (χ1) is 4.40. The summed E-state index contributed by atoms with van der Waals surface area (Å²) in [5.74, 6) is 0.792. The second-order valence-electron chi connectivity index (χ2n) is 3.23. The highest BCUT2D eigenvalue weighted by Gasteiger charge is 2.38. The summed E-state index contributed by atoms with van der Waals surface area (Å²) in [5.41, 5.74) is 0. The Morgan fingerprint density at radius 2 is 2.33 bits per heavy atom. The van der Waals surface area contributed by atoms with Crippen LogP contribution in [-0.4, -0.2) is 23.8 Å². The van der Waals surface area contributed by atoms with Crippen molar-refractivity contribution in [3.8, 4) is 0 Å². The van der Waals surface area contributed by atoms with Crippen molar-refractivity contribution in [3.05, 3.63) is 0 Å². The quantitative estimate of drug-likeness (QED) is 0.524. The lowest BCUT2D eigenvalue weighted by Gasteiger charge is -2.20. The van der Waals surface area contributed by atoms with Gasteiger partial charge in [0.05, 0.1) is 6.61 Å². The molecule has 2 aliphatic rings. The Morgan fingerprint density at radius 1 is 1.44 bits per heavy atom.